The highest BCUT2D eigenvalue weighted by atomic mass is 15.1. The minimum Gasteiger partial charge on any atom is -0.372 e. The highest BCUT2D eigenvalue weighted by molar-refractivity contribution is 5.78. The van der Waals surface area contributed by atoms with Crippen LogP contribution in [0.5, 0.6) is 0 Å². The normalized spacial score (nSPS) is 15.0. The molecule has 0 unspecified atom stereocenters. The molecule has 0 atom stereocenters. The highest BCUT2D eigenvalue weighted by Gasteiger charge is 2.13. The maximum atomic E-state index is 4.76. The maximum Gasteiger partial charge on any atom is 0.0632 e. The molecular formula is C29H38N2. The standard InChI is InChI=1S/C29H38N2/c1-6-11-27(25-15-13-24(10-5)14-16-25)23-28-18-17-26(19-20-30-28)29(12-7-2)31(21-8-3)22-9-4/h6,10-18,20,23H,5,7-9,19,21-22H2,1-4H3/b11-6-,27-23+,29-12+. The van der Waals surface area contributed by atoms with Gasteiger partial charge >= 0.3 is 0 Å². The van der Waals surface area contributed by atoms with Crippen molar-refractivity contribution < 1.29 is 0 Å². The summed E-state index contributed by atoms with van der Waals surface area (Å²) in [5.74, 6) is 0. The maximum absolute atomic E-state index is 4.76. The van der Waals surface area contributed by atoms with Crippen molar-refractivity contribution in [3.63, 3.8) is 0 Å². The molecule has 1 aliphatic heterocycles. The minimum absolute atomic E-state index is 0.858. The summed E-state index contributed by atoms with van der Waals surface area (Å²) in [6.45, 7) is 14.8. The van der Waals surface area contributed by atoms with Crippen molar-refractivity contribution in [2.75, 3.05) is 13.1 Å². The van der Waals surface area contributed by atoms with Gasteiger partial charge in [-0.3, -0.25) is 4.99 Å². The average molecular weight is 415 g/mol. The molecule has 1 aliphatic rings. The van der Waals surface area contributed by atoms with Crippen molar-refractivity contribution >= 4 is 17.9 Å². The number of aliphatic imine (C=N–C) groups is 1. The molecule has 0 N–H and O–H groups in total. The molecule has 0 aliphatic carbocycles. The van der Waals surface area contributed by atoms with Crippen LogP contribution in [-0.4, -0.2) is 24.2 Å². The number of allylic oxidation sites excluding steroid dienone is 8. The molecule has 2 nitrogen and oxygen atoms in total. The third kappa shape index (κ3) is 7.40. The summed E-state index contributed by atoms with van der Waals surface area (Å²) in [7, 11) is 0. The molecule has 1 heterocycles. The number of nitrogens with zero attached hydrogens (tertiary/aromatic N) is 2. The molecule has 0 amide bonds. The van der Waals surface area contributed by atoms with Gasteiger partial charge in [-0.1, -0.05) is 82.0 Å². The van der Waals surface area contributed by atoms with Gasteiger partial charge < -0.3 is 4.90 Å². The Morgan fingerprint density at radius 3 is 2.35 bits per heavy atom. The summed E-state index contributed by atoms with van der Waals surface area (Å²) >= 11 is 0. The Balaban J connectivity index is 2.38. The largest absolute Gasteiger partial charge is 0.372 e. The summed E-state index contributed by atoms with van der Waals surface area (Å²) < 4.78 is 0. The first-order valence-electron chi connectivity index (χ1n) is 11.6. The third-order valence-corrected chi connectivity index (χ3v) is 5.19. The Labute approximate surface area is 189 Å². The van der Waals surface area contributed by atoms with Crippen molar-refractivity contribution in [1.82, 2.24) is 4.90 Å². The predicted molar refractivity (Wildman–Crippen MR) is 139 cm³/mol. The number of rotatable bonds is 11. The Bertz CT molecular complexity index is 883. The fourth-order valence-corrected chi connectivity index (χ4v) is 3.75. The Kier molecular flexibility index (Phi) is 10.6. The van der Waals surface area contributed by atoms with E-state index in [9.17, 15) is 0 Å². The number of hydrogen-bond donors (Lipinski definition) is 0. The van der Waals surface area contributed by atoms with E-state index in [1.54, 1.807) is 0 Å². The van der Waals surface area contributed by atoms with Gasteiger partial charge in [0, 0.05) is 31.4 Å². The Morgan fingerprint density at radius 1 is 1.06 bits per heavy atom. The van der Waals surface area contributed by atoms with E-state index in [1.165, 1.54) is 16.8 Å². The summed E-state index contributed by atoms with van der Waals surface area (Å²) in [6, 6.07) is 8.47. The van der Waals surface area contributed by atoms with E-state index in [2.05, 4.69) is 99.2 Å². The van der Waals surface area contributed by atoms with E-state index >= 15 is 0 Å². The molecule has 0 radical (unpaired) electrons. The summed E-state index contributed by atoms with van der Waals surface area (Å²) in [6.07, 6.45) is 21.3. The van der Waals surface area contributed by atoms with Crippen LogP contribution in [0.25, 0.3) is 11.6 Å². The predicted octanol–water partition coefficient (Wildman–Crippen LogP) is 7.99. The van der Waals surface area contributed by atoms with Crippen molar-refractivity contribution in [1.29, 1.82) is 0 Å². The van der Waals surface area contributed by atoms with E-state index in [0.717, 1.165) is 55.6 Å². The number of hydrogen-bond acceptors (Lipinski definition) is 2. The van der Waals surface area contributed by atoms with E-state index in [1.807, 2.05) is 13.0 Å². The smallest absolute Gasteiger partial charge is 0.0632 e. The van der Waals surface area contributed by atoms with Gasteiger partial charge in [0.05, 0.1) is 5.70 Å². The van der Waals surface area contributed by atoms with Crippen molar-refractivity contribution in [3.05, 3.63) is 95.4 Å². The molecule has 0 bridgehead atoms. The zero-order valence-corrected chi connectivity index (χ0v) is 19.8. The van der Waals surface area contributed by atoms with Gasteiger partial charge in [-0.05, 0) is 60.6 Å². The summed E-state index contributed by atoms with van der Waals surface area (Å²) in [4.78, 5) is 7.29. The monoisotopic (exact) mass is 414 g/mol. The lowest BCUT2D eigenvalue weighted by Crippen LogP contribution is -2.26. The van der Waals surface area contributed by atoms with Crippen LogP contribution in [0.1, 0.15) is 64.5 Å². The topological polar surface area (TPSA) is 15.6 Å². The van der Waals surface area contributed by atoms with E-state index in [-0.39, 0.29) is 0 Å². The lowest BCUT2D eigenvalue weighted by molar-refractivity contribution is 0.348. The summed E-state index contributed by atoms with van der Waals surface area (Å²) in [5.41, 5.74) is 7.15. The SMILES string of the molecule is C=Cc1ccc(C(/C=C\C)=C/C2=CC=C(/C(=C\CC)N(CCC)CCC)CC=N2)cc1. The number of benzene rings is 1. The van der Waals surface area contributed by atoms with E-state index < -0.39 is 0 Å². The van der Waals surface area contributed by atoms with Gasteiger partial charge in [0.1, 0.15) is 0 Å². The van der Waals surface area contributed by atoms with Crippen molar-refractivity contribution in [3.8, 4) is 0 Å². The zero-order chi connectivity index (χ0) is 22.5. The lowest BCUT2D eigenvalue weighted by atomic mass is 10.0. The first-order valence-corrected chi connectivity index (χ1v) is 11.6. The molecular weight excluding hydrogens is 376 g/mol. The fourth-order valence-electron chi connectivity index (χ4n) is 3.75. The zero-order valence-electron chi connectivity index (χ0n) is 19.8. The van der Waals surface area contributed by atoms with Crippen LogP contribution in [0.3, 0.4) is 0 Å². The van der Waals surface area contributed by atoms with E-state index in [0.29, 0.717) is 0 Å². The molecule has 0 saturated heterocycles. The Morgan fingerprint density at radius 2 is 1.77 bits per heavy atom. The van der Waals surface area contributed by atoms with Gasteiger partial charge in [0.25, 0.3) is 0 Å². The quantitative estimate of drug-likeness (QED) is 0.335. The molecule has 1 aromatic rings. The molecule has 1 aromatic carbocycles. The van der Waals surface area contributed by atoms with Crippen LogP contribution in [0.15, 0.2) is 89.3 Å². The molecule has 0 spiro atoms. The van der Waals surface area contributed by atoms with Crippen LogP contribution >= 0.6 is 0 Å². The second kappa shape index (κ2) is 13.4. The Hall–Kier alpha value is -2.87. The lowest BCUT2D eigenvalue weighted by Gasteiger charge is -2.28. The molecule has 2 heteroatoms. The van der Waals surface area contributed by atoms with Crippen LogP contribution < -0.4 is 0 Å². The second-order valence-electron chi connectivity index (χ2n) is 7.71. The third-order valence-electron chi connectivity index (χ3n) is 5.19. The molecule has 0 fully saturated rings. The molecule has 0 aromatic heterocycles. The van der Waals surface area contributed by atoms with Gasteiger partial charge in [0.15, 0.2) is 0 Å². The molecule has 2 rings (SSSR count). The van der Waals surface area contributed by atoms with E-state index in [4.69, 9.17) is 4.99 Å². The van der Waals surface area contributed by atoms with Crippen LogP contribution in [0.2, 0.25) is 0 Å². The van der Waals surface area contributed by atoms with Crippen LogP contribution in [-0.2, 0) is 0 Å². The first kappa shape index (κ1) is 24.4. The molecule has 0 saturated carbocycles. The van der Waals surface area contributed by atoms with Gasteiger partial charge in [0.2, 0.25) is 0 Å². The molecule has 31 heavy (non-hydrogen) atoms. The molecule has 164 valence electrons. The average Bonchev–Trinajstić information content (AvgIpc) is 3.02. The first-order chi connectivity index (χ1) is 15.2. The fraction of sp³-hybridized carbons (Fsp3) is 0.345. The van der Waals surface area contributed by atoms with Gasteiger partial charge in [-0.25, -0.2) is 0 Å². The summed E-state index contributed by atoms with van der Waals surface area (Å²) in [5, 5.41) is 0. The van der Waals surface area contributed by atoms with Crippen molar-refractivity contribution in [2.45, 2.75) is 53.4 Å². The van der Waals surface area contributed by atoms with Crippen LogP contribution in [0, 0.1) is 0 Å². The van der Waals surface area contributed by atoms with Crippen molar-refractivity contribution in [2.24, 2.45) is 4.99 Å². The van der Waals surface area contributed by atoms with Gasteiger partial charge in [-0.2, -0.15) is 0 Å². The highest BCUT2D eigenvalue weighted by Crippen LogP contribution is 2.25. The second-order valence-corrected chi connectivity index (χ2v) is 7.71. The van der Waals surface area contributed by atoms with Gasteiger partial charge in [-0.15, -0.1) is 0 Å². The minimum atomic E-state index is 0.858. The van der Waals surface area contributed by atoms with Crippen LogP contribution in [0.4, 0.5) is 0 Å².